The number of carbonyl (C=O) groups is 1. The van der Waals surface area contributed by atoms with Crippen LogP contribution in [0, 0.1) is 6.92 Å². The van der Waals surface area contributed by atoms with E-state index in [1.54, 1.807) is 16.4 Å². The molecular formula is C20H23N5O3S. The van der Waals surface area contributed by atoms with Crippen molar-refractivity contribution < 1.29 is 13.2 Å². The van der Waals surface area contributed by atoms with Crippen LogP contribution < -0.4 is 9.80 Å². The van der Waals surface area contributed by atoms with E-state index >= 15 is 0 Å². The lowest BCUT2D eigenvalue weighted by Gasteiger charge is -2.34. The molecule has 0 saturated carbocycles. The van der Waals surface area contributed by atoms with E-state index in [4.69, 9.17) is 0 Å². The zero-order valence-corrected chi connectivity index (χ0v) is 17.2. The van der Waals surface area contributed by atoms with Gasteiger partial charge in [-0.15, -0.1) is 5.10 Å². The third-order valence-electron chi connectivity index (χ3n) is 6.01. The zero-order valence-electron chi connectivity index (χ0n) is 16.3. The summed E-state index contributed by atoms with van der Waals surface area (Å²) in [7, 11) is -3.57. The number of aromatic nitrogens is 2. The minimum Gasteiger partial charge on any atom is -0.352 e. The smallest absolute Gasteiger partial charge is 0.243 e. The van der Waals surface area contributed by atoms with Gasteiger partial charge in [-0.3, -0.25) is 4.79 Å². The summed E-state index contributed by atoms with van der Waals surface area (Å²) in [6.45, 7) is 4.53. The summed E-state index contributed by atoms with van der Waals surface area (Å²) in [5.74, 6) is 0.918. The molecule has 9 heteroatoms. The van der Waals surface area contributed by atoms with Gasteiger partial charge < -0.3 is 9.80 Å². The Morgan fingerprint density at radius 3 is 2.31 bits per heavy atom. The van der Waals surface area contributed by atoms with Gasteiger partial charge >= 0.3 is 0 Å². The van der Waals surface area contributed by atoms with Crippen molar-refractivity contribution in [2.24, 2.45) is 0 Å². The molecule has 5 rings (SSSR count). The maximum atomic E-state index is 13.3. The monoisotopic (exact) mass is 413 g/mol. The van der Waals surface area contributed by atoms with Gasteiger partial charge in [0, 0.05) is 39.1 Å². The van der Waals surface area contributed by atoms with Gasteiger partial charge in [-0.05, 0) is 55.2 Å². The number of rotatable bonds is 3. The lowest BCUT2D eigenvalue weighted by atomic mass is 10.00. The number of anilines is 2. The lowest BCUT2D eigenvalue weighted by Crippen LogP contribution is -2.49. The highest BCUT2D eigenvalue weighted by Crippen LogP contribution is 2.39. The zero-order chi connectivity index (χ0) is 20.2. The first-order chi connectivity index (χ1) is 13.9. The number of piperazine rings is 1. The average molecular weight is 414 g/mol. The first-order valence-corrected chi connectivity index (χ1v) is 11.4. The first kappa shape index (κ1) is 18.5. The summed E-state index contributed by atoms with van der Waals surface area (Å²) in [5, 5.41) is 8.29. The van der Waals surface area contributed by atoms with Crippen LogP contribution in [0.3, 0.4) is 0 Å². The van der Waals surface area contributed by atoms with E-state index in [1.807, 2.05) is 24.0 Å². The molecule has 3 aliphatic heterocycles. The molecule has 152 valence electrons. The molecule has 1 fully saturated rings. The number of nitrogens with zero attached hydrogens (tertiary/aromatic N) is 5. The standard InChI is InChI=1S/C20H23N5O3S/c1-14-2-4-18(22-21-14)23-8-10-24(11-9-23)29(27,28)17-12-15-3-5-19(26)25-7-6-16(13-17)20(15)25/h2,4,12-13H,3,5-11H2,1H3. The Bertz CT molecular complexity index is 1080. The highest BCUT2D eigenvalue weighted by molar-refractivity contribution is 7.89. The van der Waals surface area contributed by atoms with E-state index in [0.29, 0.717) is 50.5 Å². The van der Waals surface area contributed by atoms with Gasteiger partial charge in [0.1, 0.15) is 0 Å². The second-order valence-corrected chi connectivity index (χ2v) is 9.75. The summed E-state index contributed by atoms with van der Waals surface area (Å²) < 4.78 is 28.2. The summed E-state index contributed by atoms with van der Waals surface area (Å²) in [4.78, 5) is 16.3. The third kappa shape index (κ3) is 3.08. The molecular weight excluding hydrogens is 390 g/mol. The molecule has 0 atom stereocenters. The van der Waals surface area contributed by atoms with Gasteiger partial charge in [0.25, 0.3) is 0 Å². The van der Waals surface area contributed by atoms with Crippen LogP contribution in [0.2, 0.25) is 0 Å². The van der Waals surface area contributed by atoms with Crippen LogP contribution in [0.5, 0.6) is 0 Å². The Kier molecular flexibility index (Phi) is 4.32. The minimum atomic E-state index is -3.57. The third-order valence-corrected chi connectivity index (χ3v) is 7.89. The molecule has 0 unspecified atom stereocenters. The average Bonchev–Trinajstić information content (AvgIpc) is 3.17. The molecule has 29 heavy (non-hydrogen) atoms. The summed E-state index contributed by atoms with van der Waals surface area (Å²) in [5.41, 5.74) is 3.76. The van der Waals surface area contributed by atoms with Gasteiger partial charge in [-0.2, -0.15) is 9.40 Å². The molecule has 8 nitrogen and oxygen atoms in total. The Morgan fingerprint density at radius 1 is 0.897 bits per heavy atom. The second-order valence-electron chi connectivity index (χ2n) is 7.81. The topological polar surface area (TPSA) is 86.7 Å². The van der Waals surface area contributed by atoms with E-state index < -0.39 is 10.0 Å². The van der Waals surface area contributed by atoms with Crippen molar-refractivity contribution >= 4 is 27.4 Å². The van der Waals surface area contributed by atoms with Crippen molar-refractivity contribution in [2.45, 2.75) is 31.1 Å². The van der Waals surface area contributed by atoms with Gasteiger partial charge in [0.15, 0.2) is 5.82 Å². The van der Waals surface area contributed by atoms with Crippen LogP contribution in [0.25, 0.3) is 0 Å². The molecule has 3 aliphatic rings. The summed E-state index contributed by atoms with van der Waals surface area (Å²) >= 11 is 0. The van der Waals surface area contributed by atoms with E-state index in [2.05, 4.69) is 15.1 Å². The second kappa shape index (κ2) is 6.77. The van der Waals surface area contributed by atoms with Crippen molar-refractivity contribution in [1.29, 1.82) is 0 Å². The van der Waals surface area contributed by atoms with Crippen molar-refractivity contribution in [3.63, 3.8) is 0 Å². The van der Waals surface area contributed by atoms with Crippen molar-refractivity contribution in [3.05, 3.63) is 41.1 Å². The van der Waals surface area contributed by atoms with E-state index in [1.165, 1.54) is 0 Å². The van der Waals surface area contributed by atoms with Gasteiger partial charge in [0.2, 0.25) is 15.9 Å². The van der Waals surface area contributed by atoms with Crippen LogP contribution >= 0.6 is 0 Å². The maximum absolute atomic E-state index is 13.3. The number of aryl methyl sites for hydroxylation is 2. The quantitative estimate of drug-likeness (QED) is 0.750. The van der Waals surface area contributed by atoms with Crippen LogP contribution in [-0.2, 0) is 27.7 Å². The first-order valence-electron chi connectivity index (χ1n) is 9.95. The van der Waals surface area contributed by atoms with Crippen LogP contribution in [0.4, 0.5) is 11.5 Å². The number of benzene rings is 1. The van der Waals surface area contributed by atoms with Crippen LogP contribution in [0.15, 0.2) is 29.2 Å². The Hall–Kier alpha value is -2.52. The normalized spacial score (nSPS) is 19.6. The molecule has 1 aromatic heterocycles. The number of hydrogen-bond acceptors (Lipinski definition) is 6. The van der Waals surface area contributed by atoms with Gasteiger partial charge in [-0.1, -0.05) is 0 Å². The fraction of sp³-hybridized carbons (Fsp3) is 0.450. The van der Waals surface area contributed by atoms with Crippen LogP contribution in [0.1, 0.15) is 23.2 Å². The molecule has 4 heterocycles. The van der Waals surface area contributed by atoms with Crippen molar-refractivity contribution in [2.75, 3.05) is 42.5 Å². The van der Waals surface area contributed by atoms with Gasteiger partial charge in [0.05, 0.1) is 16.3 Å². The number of carbonyl (C=O) groups excluding carboxylic acids is 1. The van der Waals surface area contributed by atoms with E-state index in [-0.39, 0.29) is 5.91 Å². The largest absolute Gasteiger partial charge is 0.352 e. The number of amides is 1. The predicted molar refractivity (Wildman–Crippen MR) is 109 cm³/mol. The van der Waals surface area contributed by atoms with Crippen molar-refractivity contribution in [1.82, 2.24) is 14.5 Å². The predicted octanol–water partition coefficient (Wildman–Crippen LogP) is 1.13. The van der Waals surface area contributed by atoms with E-state index in [9.17, 15) is 13.2 Å². The fourth-order valence-electron chi connectivity index (χ4n) is 4.44. The Morgan fingerprint density at radius 2 is 1.62 bits per heavy atom. The number of hydrogen-bond donors (Lipinski definition) is 0. The molecule has 0 aliphatic carbocycles. The van der Waals surface area contributed by atoms with Crippen LogP contribution in [-0.4, -0.2) is 61.6 Å². The van der Waals surface area contributed by atoms with E-state index in [0.717, 1.165) is 34.7 Å². The summed E-state index contributed by atoms with van der Waals surface area (Å²) in [6, 6.07) is 7.38. The fourth-order valence-corrected chi connectivity index (χ4v) is 5.97. The molecule has 2 aromatic rings. The molecule has 0 N–H and O–H groups in total. The highest BCUT2D eigenvalue weighted by atomic mass is 32.2. The summed E-state index contributed by atoms with van der Waals surface area (Å²) in [6.07, 6.45) is 1.78. The number of sulfonamides is 1. The Balaban J connectivity index is 1.37. The van der Waals surface area contributed by atoms with Crippen molar-refractivity contribution in [3.8, 4) is 0 Å². The molecule has 0 radical (unpaired) electrons. The SMILES string of the molecule is Cc1ccc(N2CCN(S(=O)(=O)c3cc4c5c(c3)CCN5C(=O)CC4)CC2)nn1. The Labute approximate surface area is 170 Å². The minimum absolute atomic E-state index is 0.141. The lowest BCUT2D eigenvalue weighted by molar-refractivity contribution is -0.118. The maximum Gasteiger partial charge on any atom is 0.243 e. The van der Waals surface area contributed by atoms with Gasteiger partial charge in [-0.25, -0.2) is 8.42 Å². The molecule has 1 amide bonds. The highest BCUT2D eigenvalue weighted by Gasteiger charge is 2.35. The molecule has 1 saturated heterocycles. The molecule has 0 bridgehead atoms. The molecule has 1 aromatic carbocycles. The molecule has 0 spiro atoms.